The van der Waals surface area contributed by atoms with Gasteiger partial charge in [-0.05, 0) is 19.3 Å². The Morgan fingerprint density at radius 3 is 3.21 bits per heavy atom. The lowest BCUT2D eigenvalue weighted by Gasteiger charge is -2.14. The Hall–Kier alpha value is -0.870. The number of aromatic nitrogens is 2. The summed E-state index contributed by atoms with van der Waals surface area (Å²) in [7, 11) is 0. The molecule has 1 aromatic heterocycles. The lowest BCUT2D eigenvalue weighted by molar-refractivity contribution is 0.142. The van der Waals surface area contributed by atoms with Gasteiger partial charge in [0.25, 0.3) is 0 Å². The van der Waals surface area contributed by atoms with Crippen molar-refractivity contribution in [1.82, 2.24) is 9.55 Å². The fourth-order valence-electron chi connectivity index (χ4n) is 1.85. The van der Waals surface area contributed by atoms with Gasteiger partial charge in [-0.25, -0.2) is 4.98 Å². The molecule has 4 nitrogen and oxygen atoms in total. The van der Waals surface area contributed by atoms with Gasteiger partial charge in [-0.2, -0.15) is 0 Å². The number of aliphatic hydroxyl groups is 1. The number of hydrogen-bond donors (Lipinski definition) is 1. The van der Waals surface area contributed by atoms with Gasteiger partial charge in [0, 0.05) is 25.5 Å². The van der Waals surface area contributed by atoms with Crippen molar-refractivity contribution in [3.05, 3.63) is 18.2 Å². The number of rotatable bonds is 2. The molecule has 1 saturated heterocycles. The van der Waals surface area contributed by atoms with Crippen LogP contribution in [-0.2, 0) is 11.3 Å². The van der Waals surface area contributed by atoms with Crippen LogP contribution in [0.4, 0.5) is 0 Å². The topological polar surface area (TPSA) is 47.3 Å². The Morgan fingerprint density at radius 1 is 1.50 bits per heavy atom. The molecule has 0 amide bonds. The van der Waals surface area contributed by atoms with Crippen LogP contribution >= 0.6 is 0 Å². The molecule has 1 aliphatic rings. The Labute approximate surface area is 83.5 Å². The summed E-state index contributed by atoms with van der Waals surface area (Å²) < 4.78 is 7.49. The summed E-state index contributed by atoms with van der Waals surface area (Å²) in [4.78, 5) is 4.11. The maximum atomic E-state index is 8.90. The molecule has 1 aliphatic heterocycles. The van der Waals surface area contributed by atoms with E-state index in [-0.39, 0.29) is 6.61 Å². The first-order valence-corrected chi connectivity index (χ1v) is 5.11. The molecule has 1 N–H and O–H groups in total. The van der Waals surface area contributed by atoms with E-state index in [0.29, 0.717) is 6.04 Å². The molecule has 0 aliphatic carbocycles. The quantitative estimate of drug-likeness (QED) is 0.771. The molecule has 1 atom stereocenters. The molecule has 14 heavy (non-hydrogen) atoms. The van der Waals surface area contributed by atoms with E-state index in [2.05, 4.69) is 9.55 Å². The molecular formula is C10H16N2O2. The molecule has 0 radical (unpaired) electrons. The summed E-state index contributed by atoms with van der Waals surface area (Å²) in [5, 5.41) is 8.90. The van der Waals surface area contributed by atoms with Crippen LogP contribution in [0, 0.1) is 0 Å². The molecule has 1 fully saturated rings. The molecular weight excluding hydrogens is 180 g/mol. The van der Waals surface area contributed by atoms with Gasteiger partial charge in [0.1, 0.15) is 0 Å². The molecule has 0 aromatic carbocycles. The molecule has 4 heteroatoms. The largest absolute Gasteiger partial charge is 0.390 e. The van der Waals surface area contributed by atoms with Gasteiger partial charge in [0.2, 0.25) is 0 Å². The van der Waals surface area contributed by atoms with Crippen LogP contribution in [0.5, 0.6) is 0 Å². The van der Waals surface area contributed by atoms with E-state index in [1.807, 2.05) is 12.5 Å². The number of hydrogen-bond acceptors (Lipinski definition) is 3. The van der Waals surface area contributed by atoms with E-state index >= 15 is 0 Å². The third kappa shape index (κ3) is 2.13. The molecule has 0 bridgehead atoms. The van der Waals surface area contributed by atoms with Crippen molar-refractivity contribution in [2.75, 3.05) is 13.2 Å². The third-order valence-electron chi connectivity index (χ3n) is 2.66. The van der Waals surface area contributed by atoms with Crippen molar-refractivity contribution in [1.29, 1.82) is 0 Å². The molecule has 1 aromatic rings. The maximum Gasteiger partial charge on any atom is 0.0953 e. The lowest BCUT2D eigenvalue weighted by Crippen LogP contribution is -2.07. The van der Waals surface area contributed by atoms with Crippen molar-refractivity contribution >= 4 is 0 Å². The summed E-state index contributed by atoms with van der Waals surface area (Å²) in [6.45, 7) is 1.73. The summed E-state index contributed by atoms with van der Waals surface area (Å²) in [6, 6.07) is 0.491. The van der Waals surface area contributed by atoms with E-state index in [9.17, 15) is 0 Å². The first-order valence-electron chi connectivity index (χ1n) is 5.11. The molecule has 1 unspecified atom stereocenters. The van der Waals surface area contributed by atoms with Crippen molar-refractivity contribution < 1.29 is 9.84 Å². The van der Waals surface area contributed by atoms with Gasteiger partial charge in [0.05, 0.1) is 18.6 Å². The normalized spacial score (nSPS) is 23.4. The average molecular weight is 196 g/mol. The van der Waals surface area contributed by atoms with Crippen LogP contribution in [0.1, 0.15) is 31.0 Å². The highest BCUT2D eigenvalue weighted by atomic mass is 16.5. The summed E-state index contributed by atoms with van der Waals surface area (Å²) in [5.41, 5.74) is 0.746. The maximum absolute atomic E-state index is 8.90. The fourth-order valence-corrected chi connectivity index (χ4v) is 1.85. The minimum absolute atomic E-state index is 0.0240. The van der Waals surface area contributed by atoms with Crippen LogP contribution in [0.15, 0.2) is 12.5 Å². The SMILES string of the molecule is OCc1cn(C2CCCOCC2)cn1. The predicted molar refractivity (Wildman–Crippen MR) is 51.9 cm³/mol. The number of imidazole rings is 1. The molecule has 78 valence electrons. The Kier molecular flexibility index (Phi) is 3.16. The number of aliphatic hydroxyl groups excluding tert-OH is 1. The zero-order valence-electron chi connectivity index (χ0n) is 8.22. The zero-order chi connectivity index (χ0) is 9.80. The lowest BCUT2D eigenvalue weighted by atomic mass is 10.1. The predicted octanol–water partition coefficient (Wildman–Crippen LogP) is 1.12. The Bertz CT molecular complexity index is 277. The summed E-state index contributed by atoms with van der Waals surface area (Å²) >= 11 is 0. The zero-order valence-corrected chi connectivity index (χ0v) is 8.22. The molecule has 2 heterocycles. The van der Waals surface area contributed by atoms with Gasteiger partial charge >= 0.3 is 0 Å². The first-order chi connectivity index (χ1) is 6.90. The highest BCUT2D eigenvalue weighted by molar-refractivity contribution is 4.96. The van der Waals surface area contributed by atoms with Crippen LogP contribution in [0.25, 0.3) is 0 Å². The third-order valence-corrected chi connectivity index (χ3v) is 2.66. The van der Waals surface area contributed by atoms with Gasteiger partial charge in [-0.15, -0.1) is 0 Å². The van der Waals surface area contributed by atoms with Gasteiger partial charge in [0.15, 0.2) is 0 Å². The minimum Gasteiger partial charge on any atom is -0.390 e. The van der Waals surface area contributed by atoms with Gasteiger partial charge < -0.3 is 14.4 Å². The van der Waals surface area contributed by atoms with Crippen LogP contribution in [-0.4, -0.2) is 27.9 Å². The standard InChI is InChI=1S/C10H16N2O2/c13-7-9-6-12(8-11-9)10-2-1-4-14-5-3-10/h6,8,10,13H,1-5,7H2. The Balaban J connectivity index is 2.04. The van der Waals surface area contributed by atoms with E-state index in [4.69, 9.17) is 9.84 Å². The second-order valence-electron chi connectivity index (χ2n) is 3.67. The van der Waals surface area contributed by atoms with Crippen molar-refractivity contribution in [2.45, 2.75) is 31.9 Å². The van der Waals surface area contributed by atoms with Crippen LogP contribution < -0.4 is 0 Å². The van der Waals surface area contributed by atoms with E-state index in [1.165, 1.54) is 0 Å². The summed E-state index contributed by atoms with van der Waals surface area (Å²) in [6.07, 6.45) is 7.03. The van der Waals surface area contributed by atoms with Gasteiger partial charge in [-0.3, -0.25) is 0 Å². The number of nitrogens with zero attached hydrogens (tertiary/aromatic N) is 2. The second kappa shape index (κ2) is 4.57. The van der Waals surface area contributed by atoms with Crippen molar-refractivity contribution in [3.63, 3.8) is 0 Å². The highest BCUT2D eigenvalue weighted by Crippen LogP contribution is 2.21. The van der Waals surface area contributed by atoms with Crippen molar-refractivity contribution in [2.24, 2.45) is 0 Å². The van der Waals surface area contributed by atoms with E-state index in [0.717, 1.165) is 38.2 Å². The molecule has 0 spiro atoms. The number of ether oxygens (including phenoxy) is 1. The summed E-state index contributed by atoms with van der Waals surface area (Å²) in [5.74, 6) is 0. The van der Waals surface area contributed by atoms with E-state index < -0.39 is 0 Å². The smallest absolute Gasteiger partial charge is 0.0953 e. The average Bonchev–Trinajstić information content (AvgIpc) is 2.53. The monoisotopic (exact) mass is 196 g/mol. The second-order valence-corrected chi connectivity index (χ2v) is 3.67. The molecule has 0 saturated carbocycles. The van der Waals surface area contributed by atoms with Crippen molar-refractivity contribution in [3.8, 4) is 0 Å². The van der Waals surface area contributed by atoms with Crippen LogP contribution in [0.3, 0.4) is 0 Å². The first kappa shape index (κ1) is 9.68. The highest BCUT2D eigenvalue weighted by Gasteiger charge is 2.14. The van der Waals surface area contributed by atoms with Gasteiger partial charge in [-0.1, -0.05) is 0 Å². The minimum atomic E-state index is 0.0240. The van der Waals surface area contributed by atoms with Crippen LogP contribution in [0.2, 0.25) is 0 Å². The fraction of sp³-hybridized carbons (Fsp3) is 0.700. The Morgan fingerprint density at radius 2 is 2.43 bits per heavy atom. The molecule has 2 rings (SSSR count). The van der Waals surface area contributed by atoms with E-state index in [1.54, 1.807) is 0 Å².